The van der Waals surface area contributed by atoms with Gasteiger partial charge in [-0.05, 0) is 43.4 Å². The number of piperidine rings is 1. The number of ether oxygens (including phenoxy) is 2. The fourth-order valence-electron chi connectivity index (χ4n) is 5.05. The van der Waals surface area contributed by atoms with Crippen molar-refractivity contribution >= 4 is 15.9 Å². The van der Waals surface area contributed by atoms with E-state index in [1.807, 2.05) is 6.07 Å². The van der Waals surface area contributed by atoms with E-state index >= 15 is 0 Å². The molecule has 1 N–H and O–H groups in total. The van der Waals surface area contributed by atoms with Crippen molar-refractivity contribution in [3.63, 3.8) is 0 Å². The first-order valence-electron chi connectivity index (χ1n) is 11.7. The molecule has 2 heterocycles. The molecule has 0 unspecified atom stereocenters. The van der Waals surface area contributed by atoms with Crippen molar-refractivity contribution in [2.24, 2.45) is 5.92 Å². The van der Waals surface area contributed by atoms with Crippen molar-refractivity contribution in [3.05, 3.63) is 54.1 Å². The molecule has 0 aromatic heterocycles. The molecule has 2 aromatic rings. The summed E-state index contributed by atoms with van der Waals surface area (Å²) in [6.45, 7) is 2.17. The van der Waals surface area contributed by atoms with Gasteiger partial charge in [0.2, 0.25) is 15.9 Å². The van der Waals surface area contributed by atoms with Crippen LogP contribution in [0.15, 0.2) is 53.4 Å². The highest BCUT2D eigenvalue weighted by molar-refractivity contribution is 7.89. The summed E-state index contributed by atoms with van der Waals surface area (Å²) in [5, 5.41) is 3.18. The van der Waals surface area contributed by atoms with Gasteiger partial charge in [0.25, 0.3) is 0 Å². The van der Waals surface area contributed by atoms with Gasteiger partial charge in [-0.3, -0.25) is 4.79 Å². The number of nitrogens with zero attached hydrogens (tertiary/aromatic N) is 1. The third-order valence-electron chi connectivity index (χ3n) is 7.27. The van der Waals surface area contributed by atoms with Crippen LogP contribution < -0.4 is 14.8 Å². The van der Waals surface area contributed by atoms with E-state index in [1.54, 1.807) is 12.1 Å². The maximum absolute atomic E-state index is 13.1. The molecule has 33 heavy (non-hydrogen) atoms. The Kier molecular flexibility index (Phi) is 6.05. The molecule has 176 valence electrons. The smallest absolute Gasteiger partial charge is 0.243 e. The van der Waals surface area contributed by atoms with Gasteiger partial charge >= 0.3 is 0 Å². The maximum Gasteiger partial charge on any atom is 0.243 e. The average Bonchev–Trinajstić information content (AvgIpc) is 2.83. The van der Waals surface area contributed by atoms with Crippen molar-refractivity contribution in [3.8, 4) is 11.5 Å². The molecule has 0 atom stereocenters. The summed E-state index contributed by atoms with van der Waals surface area (Å²) in [6, 6.07) is 15.1. The Morgan fingerprint density at radius 1 is 1.00 bits per heavy atom. The van der Waals surface area contributed by atoms with Crippen molar-refractivity contribution in [1.29, 1.82) is 0 Å². The number of rotatable bonds is 6. The van der Waals surface area contributed by atoms with E-state index in [1.165, 1.54) is 22.4 Å². The predicted octanol–water partition coefficient (Wildman–Crippen LogP) is 3.10. The van der Waals surface area contributed by atoms with Gasteiger partial charge in [0.05, 0.1) is 4.90 Å². The van der Waals surface area contributed by atoms with E-state index < -0.39 is 10.0 Å². The molecule has 1 aliphatic carbocycles. The Bertz CT molecular complexity index is 1110. The van der Waals surface area contributed by atoms with Crippen LogP contribution in [0.4, 0.5) is 0 Å². The summed E-state index contributed by atoms with van der Waals surface area (Å²) >= 11 is 0. The summed E-state index contributed by atoms with van der Waals surface area (Å²) in [6.07, 6.45) is 4.40. The molecule has 0 bridgehead atoms. The third-order valence-corrected chi connectivity index (χ3v) is 9.17. The molecule has 8 heteroatoms. The number of nitrogens with one attached hydrogen (secondary N) is 1. The van der Waals surface area contributed by atoms with Crippen molar-refractivity contribution in [2.75, 3.05) is 32.8 Å². The van der Waals surface area contributed by atoms with Crippen LogP contribution in [-0.2, 0) is 20.2 Å². The predicted molar refractivity (Wildman–Crippen MR) is 124 cm³/mol. The van der Waals surface area contributed by atoms with E-state index in [0.29, 0.717) is 57.2 Å². The Morgan fingerprint density at radius 2 is 1.70 bits per heavy atom. The minimum absolute atomic E-state index is 0.0357. The lowest BCUT2D eigenvalue weighted by molar-refractivity contribution is -0.126. The number of sulfonamides is 1. The third kappa shape index (κ3) is 4.34. The van der Waals surface area contributed by atoms with E-state index in [4.69, 9.17) is 9.47 Å². The minimum Gasteiger partial charge on any atom is -0.486 e. The monoisotopic (exact) mass is 470 g/mol. The molecule has 0 spiro atoms. The molecular weight excluding hydrogens is 440 g/mol. The molecule has 2 aliphatic heterocycles. The normalized spacial score (nSPS) is 20.6. The van der Waals surface area contributed by atoms with Gasteiger partial charge in [-0.15, -0.1) is 0 Å². The minimum atomic E-state index is -3.64. The van der Waals surface area contributed by atoms with E-state index in [0.717, 1.165) is 12.8 Å². The number of benzene rings is 2. The number of hydrogen-bond acceptors (Lipinski definition) is 5. The molecule has 3 aliphatic rings. The first-order valence-corrected chi connectivity index (χ1v) is 13.2. The molecule has 7 nitrogen and oxygen atoms in total. The first kappa shape index (κ1) is 22.2. The Hall–Kier alpha value is -2.58. The van der Waals surface area contributed by atoms with Crippen LogP contribution in [0.25, 0.3) is 0 Å². The van der Waals surface area contributed by atoms with Crippen LogP contribution in [0, 0.1) is 5.92 Å². The van der Waals surface area contributed by atoms with Gasteiger partial charge in [-0.25, -0.2) is 8.42 Å². The zero-order valence-electron chi connectivity index (χ0n) is 18.7. The van der Waals surface area contributed by atoms with Crippen molar-refractivity contribution in [1.82, 2.24) is 9.62 Å². The lowest BCUT2D eigenvalue weighted by atomic mass is 9.64. The Balaban J connectivity index is 1.18. The number of carbonyl (C=O) groups is 1. The van der Waals surface area contributed by atoms with Crippen LogP contribution in [0.5, 0.6) is 11.5 Å². The summed E-state index contributed by atoms with van der Waals surface area (Å²) in [4.78, 5) is 13.1. The fourth-order valence-corrected chi connectivity index (χ4v) is 6.54. The van der Waals surface area contributed by atoms with Gasteiger partial charge < -0.3 is 14.8 Å². The Morgan fingerprint density at radius 3 is 2.36 bits per heavy atom. The highest BCUT2D eigenvalue weighted by Gasteiger charge is 2.39. The maximum atomic E-state index is 13.1. The van der Waals surface area contributed by atoms with Gasteiger partial charge in [-0.2, -0.15) is 4.31 Å². The quantitative estimate of drug-likeness (QED) is 0.701. The number of amides is 1. The summed E-state index contributed by atoms with van der Waals surface area (Å²) in [7, 11) is -3.64. The zero-order chi connectivity index (χ0) is 22.9. The second-order valence-electron chi connectivity index (χ2n) is 9.20. The molecule has 2 aromatic carbocycles. The van der Waals surface area contributed by atoms with Crippen molar-refractivity contribution in [2.45, 2.75) is 42.4 Å². The molecular formula is C25H30N2O5S. The summed E-state index contributed by atoms with van der Waals surface area (Å²) in [5.74, 6) is 0.897. The summed E-state index contributed by atoms with van der Waals surface area (Å²) < 4.78 is 38.8. The largest absolute Gasteiger partial charge is 0.486 e. The number of hydrogen-bond donors (Lipinski definition) is 1. The standard InChI is InChI=1S/C25H30N2O5S/c28-24(26-18-25(11-4-12-25)20-5-2-1-3-6-20)19-9-13-27(14-10-19)33(29,30)21-7-8-22-23(17-21)32-16-15-31-22/h1-3,5-8,17,19H,4,9-16,18H2,(H,26,28). The molecule has 5 rings (SSSR count). The second kappa shape index (κ2) is 8.99. The highest BCUT2D eigenvalue weighted by atomic mass is 32.2. The van der Waals surface area contributed by atoms with Crippen molar-refractivity contribution < 1.29 is 22.7 Å². The van der Waals surface area contributed by atoms with E-state index in [-0.39, 0.29) is 22.1 Å². The van der Waals surface area contributed by atoms with Gasteiger partial charge in [0.15, 0.2) is 11.5 Å². The molecule has 1 amide bonds. The molecule has 0 radical (unpaired) electrons. The first-order chi connectivity index (χ1) is 16.0. The SMILES string of the molecule is O=C(NCC1(c2ccccc2)CCC1)C1CCN(S(=O)(=O)c2ccc3c(c2)OCCO3)CC1. The Labute approximate surface area is 195 Å². The topological polar surface area (TPSA) is 84.9 Å². The fraction of sp³-hybridized carbons (Fsp3) is 0.480. The number of carbonyl (C=O) groups excluding carboxylic acids is 1. The van der Waals surface area contributed by atoms with E-state index in [9.17, 15) is 13.2 Å². The van der Waals surface area contributed by atoms with Gasteiger partial charge in [0, 0.05) is 37.0 Å². The van der Waals surface area contributed by atoms with Crippen LogP contribution in [0.1, 0.15) is 37.7 Å². The second-order valence-corrected chi connectivity index (χ2v) is 11.1. The van der Waals surface area contributed by atoms with Crippen LogP contribution in [0.2, 0.25) is 0 Å². The molecule has 1 saturated carbocycles. The van der Waals surface area contributed by atoms with E-state index in [2.05, 4.69) is 29.6 Å². The lowest BCUT2D eigenvalue weighted by Crippen LogP contribution is -2.48. The van der Waals surface area contributed by atoms with Gasteiger partial charge in [-0.1, -0.05) is 36.8 Å². The average molecular weight is 471 g/mol. The summed E-state index contributed by atoms with van der Waals surface area (Å²) in [5.41, 5.74) is 1.33. The van der Waals surface area contributed by atoms with Crippen LogP contribution >= 0.6 is 0 Å². The van der Waals surface area contributed by atoms with Crippen LogP contribution in [0.3, 0.4) is 0 Å². The number of fused-ring (bicyclic) bond motifs is 1. The van der Waals surface area contributed by atoms with Gasteiger partial charge in [0.1, 0.15) is 13.2 Å². The van der Waals surface area contributed by atoms with Crippen LogP contribution in [-0.4, -0.2) is 51.5 Å². The molecule has 1 saturated heterocycles. The lowest BCUT2D eigenvalue weighted by Gasteiger charge is -2.43. The molecule has 2 fully saturated rings. The highest BCUT2D eigenvalue weighted by Crippen LogP contribution is 2.43. The zero-order valence-corrected chi connectivity index (χ0v) is 19.5.